The van der Waals surface area contributed by atoms with Crippen LogP contribution in [0.5, 0.6) is 0 Å². The molecule has 2 rings (SSSR count). The molecule has 2 N–H and O–H groups in total. The van der Waals surface area contributed by atoms with Gasteiger partial charge in [-0.15, -0.1) is 11.3 Å². The minimum Gasteiger partial charge on any atom is -0.447 e. The van der Waals surface area contributed by atoms with Gasteiger partial charge in [0, 0.05) is 18.5 Å². The Hall–Kier alpha value is -1.15. The molecule has 0 unspecified atom stereocenters. The lowest BCUT2D eigenvalue weighted by molar-refractivity contribution is 0.390. The molecule has 0 aromatic carbocycles. The van der Waals surface area contributed by atoms with E-state index in [9.17, 15) is 8.42 Å². The molecule has 0 fully saturated rings. The highest BCUT2D eigenvalue weighted by molar-refractivity contribution is 7.89. The summed E-state index contributed by atoms with van der Waals surface area (Å²) >= 11 is 1.62. The van der Waals surface area contributed by atoms with Crippen molar-refractivity contribution < 1.29 is 12.8 Å². The van der Waals surface area contributed by atoms with Crippen molar-refractivity contribution in [3.05, 3.63) is 40.3 Å². The van der Waals surface area contributed by atoms with Crippen LogP contribution in [0.4, 0.5) is 0 Å². The Bertz CT molecular complexity index is 617. The third kappa shape index (κ3) is 3.24. The van der Waals surface area contributed by atoms with Crippen molar-refractivity contribution in [2.45, 2.75) is 18.1 Å². The van der Waals surface area contributed by atoms with Crippen LogP contribution >= 0.6 is 11.3 Å². The largest absolute Gasteiger partial charge is 0.447 e. The quantitative estimate of drug-likeness (QED) is 0.880. The molecule has 0 saturated carbocycles. The molecule has 104 valence electrons. The highest BCUT2D eigenvalue weighted by Crippen LogP contribution is 2.18. The number of likely N-dealkylation sites (N-methyl/N-ethyl adjacent to an activating group) is 1. The Balaban J connectivity index is 2.06. The van der Waals surface area contributed by atoms with Crippen molar-refractivity contribution in [3.8, 4) is 0 Å². The fraction of sp³-hybridized carbons (Fsp3) is 0.333. The fourth-order valence-electron chi connectivity index (χ4n) is 1.60. The van der Waals surface area contributed by atoms with Crippen LogP contribution in [0.2, 0.25) is 0 Å². The molecule has 0 bridgehead atoms. The van der Waals surface area contributed by atoms with E-state index in [1.807, 2.05) is 17.5 Å². The minimum atomic E-state index is -3.57. The lowest BCUT2D eigenvalue weighted by atomic mass is 10.3. The van der Waals surface area contributed by atoms with E-state index in [-0.39, 0.29) is 11.6 Å². The van der Waals surface area contributed by atoms with Crippen molar-refractivity contribution in [1.29, 1.82) is 0 Å². The highest BCUT2D eigenvalue weighted by atomic mass is 32.2. The summed E-state index contributed by atoms with van der Waals surface area (Å²) in [5, 5.41) is 1.92. The van der Waals surface area contributed by atoms with Gasteiger partial charge < -0.3 is 10.2 Å². The monoisotopic (exact) mass is 300 g/mol. The summed E-state index contributed by atoms with van der Waals surface area (Å²) < 4.78 is 30.9. The maximum Gasteiger partial charge on any atom is 0.276 e. The van der Waals surface area contributed by atoms with Gasteiger partial charge in [-0.1, -0.05) is 6.07 Å². The standard InChI is InChI=1S/C12H16N2O3S2/c1-14(7-6-11-3-2-8-18-11)19(15,16)12-5-4-10(9-13)17-12/h2-5,8H,6-7,9,13H2,1H3. The molecule has 0 aliphatic carbocycles. The zero-order valence-corrected chi connectivity index (χ0v) is 12.2. The topological polar surface area (TPSA) is 76.5 Å². The number of hydrogen-bond acceptors (Lipinski definition) is 5. The zero-order valence-electron chi connectivity index (χ0n) is 10.6. The average Bonchev–Trinajstić information content (AvgIpc) is 3.06. The molecule has 19 heavy (non-hydrogen) atoms. The Kier molecular flexibility index (Phi) is 4.41. The molecule has 0 radical (unpaired) electrons. The Morgan fingerprint density at radius 3 is 2.74 bits per heavy atom. The van der Waals surface area contributed by atoms with E-state index in [1.165, 1.54) is 10.4 Å². The van der Waals surface area contributed by atoms with E-state index in [1.54, 1.807) is 24.5 Å². The first-order valence-corrected chi connectivity index (χ1v) is 8.13. The van der Waals surface area contributed by atoms with Gasteiger partial charge >= 0.3 is 0 Å². The van der Waals surface area contributed by atoms with Crippen LogP contribution in [0.3, 0.4) is 0 Å². The van der Waals surface area contributed by atoms with Crippen LogP contribution in [0.15, 0.2) is 39.2 Å². The molecule has 5 nitrogen and oxygen atoms in total. The summed E-state index contributed by atoms with van der Waals surface area (Å²) in [6.07, 6.45) is 0.692. The molecule has 0 atom stereocenters. The van der Waals surface area contributed by atoms with Gasteiger partial charge in [-0.05, 0) is 30.0 Å². The normalized spacial score (nSPS) is 12.2. The lowest BCUT2D eigenvalue weighted by Gasteiger charge is -2.14. The van der Waals surface area contributed by atoms with Crippen molar-refractivity contribution in [3.63, 3.8) is 0 Å². The number of hydrogen-bond donors (Lipinski definition) is 1. The average molecular weight is 300 g/mol. The van der Waals surface area contributed by atoms with Crippen LogP contribution in [0, 0.1) is 0 Å². The van der Waals surface area contributed by atoms with E-state index in [4.69, 9.17) is 10.2 Å². The van der Waals surface area contributed by atoms with Crippen LogP contribution < -0.4 is 5.73 Å². The van der Waals surface area contributed by atoms with E-state index >= 15 is 0 Å². The van der Waals surface area contributed by atoms with Crippen molar-refractivity contribution in [2.75, 3.05) is 13.6 Å². The number of nitrogens with two attached hydrogens (primary N) is 1. The summed E-state index contributed by atoms with van der Waals surface area (Å²) in [5.74, 6) is 0.463. The third-order valence-corrected chi connectivity index (χ3v) is 5.42. The van der Waals surface area contributed by atoms with Crippen LogP contribution in [-0.2, 0) is 23.0 Å². The second-order valence-electron chi connectivity index (χ2n) is 4.08. The smallest absolute Gasteiger partial charge is 0.276 e. The summed E-state index contributed by atoms with van der Waals surface area (Å²) in [4.78, 5) is 1.16. The first kappa shape index (κ1) is 14.3. The molecule has 2 aromatic rings. The van der Waals surface area contributed by atoms with Crippen molar-refractivity contribution in [2.24, 2.45) is 5.73 Å². The van der Waals surface area contributed by atoms with Gasteiger partial charge in [-0.2, -0.15) is 4.31 Å². The van der Waals surface area contributed by atoms with E-state index in [2.05, 4.69) is 0 Å². The maximum absolute atomic E-state index is 12.2. The second kappa shape index (κ2) is 5.87. The number of nitrogens with zero attached hydrogens (tertiary/aromatic N) is 1. The van der Waals surface area contributed by atoms with Crippen molar-refractivity contribution >= 4 is 21.4 Å². The van der Waals surface area contributed by atoms with Gasteiger partial charge in [0.2, 0.25) is 5.09 Å². The predicted molar refractivity (Wildman–Crippen MR) is 74.4 cm³/mol. The summed E-state index contributed by atoms with van der Waals surface area (Å²) in [7, 11) is -2.02. The Morgan fingerprint density at radius 2 is 2.16 bits per heavy atom. The number of sulfonamides is 1. The molecular weight excluding hydrogens is 284 g/mol. The van der Waals surface area contributed by atoms with Crippen LogP contribution in [0.25, 0.3) is 0 Å². The highest BCUT2D eigenvalue weighted by Gasteiger charge is 2.24. The third-order valence-electron chi connectivity index (χ3n) is 2.76. The molecule has 2 heterocycles. The van der Waals surface area contributed by atoms with Gasteiger partial charge in [-0.25, -0.2) is 8.42 Å². The summed E-state index contributed by atoms with van der Waals surface area (Å²) in [5.41, 5.74) is 5.40. The number of thiophene rings is 1. The Morgan fingerprint density at radius 1 is 1.37 bits per heavy atom. The fourth-order valence-corrected chi connectivity index (χ4v) is 3.39. The van der Waals surface area contributed by atoms with E-state index < -0.39 is 10.0 Å². The van der Waals surface area contributed by atoms with Gasteiger partial charge in [0.1, 0.15) is 5.76 Å². The molecule has 0 aliphatic heterocycles. The van der Waals surface area contributed by atoms with Gasteiger partial charge in [0.25, 0.3) is 10.0 Å². The van der Waals surface area contributed by atoms with Crippen LogP contribution in [-0.4, -0.2) is 26.3 Å². The predicted octanol–water partition coefficient (Wildman–Crippen LogP) is 1.66. The van der Waals surface area contributed by atoms with E-state index in [0.717, 1.165) is 4.88 Å². The second-order valence-corrected chi connectivity index (χ2v) is 7.09. The van der Waals surface area contributed by atoms with Gasteiger partial charge in [0.15, 0.2) is 0 Å². The first-order chi connectivity index (χ1) is 9.04. The number of rotatable bonds is 6. The minimum absolute atomic E-state index is 0.0540. The molecule has 0 aliphatic rings. The molecule has 0 spiro atoms. The molecule has 2 aromatic heterocycles. The maximum atomic E-state index is 12.2. The number of furan rings is 1. The first-order valence-electron chi connectivity index (χ1n) is 5.81. The lowest BCUT2D eigenvalue weighted by Crippen LogP contribution is -2.28. The summed E-state index contributed by atoms with van der Waals surface area (Å²) in [6, 6.07) is 6.97. The van der Waals surface area contributed by atoms with E-state index in [0.29, 0.717) is 18.7 Å². The van der Waals surface area contributed by atoms with Gasteiger partial charge in [0.05, 0.1) is 6.54 Å². The molecule has 7 heteroatoms. The zero-order chi connectivity index (χ0) is 13.9. The Labute approximate surface area is 116 Å². The molecular formula is C12H16N2O3S2. The van der Waals surface area contributed by atoms with Crippen LogP contribution in [0.1, 0.15) is 10.6 Å². The van der Waals surface area contributed by atoms with Crippen molar-refractivity contribution in [1.82, 2.24) is 4.31 Å². The van der Waals surface area contributed by atoms with Gasteiger partial charge in [-0.3, -0.25) is 0 Å². The molecule has 0 amide bonds. The molecule has 0 saturated heterocycles. The summed E-state index contributed by atoms with van der Waals surface area (Å²) in [6.45, 7) is 0.607. The SMILES string of the molecule is CN(CCc1cccs1)S(=O)(=O)c1ccc(CN)o1.